The van der Waals surface area contributed by atoms with Gasteiger partial charge in [-0.1, -0.05) is 12.1 Å². The van der Waals surface area contributed by atoms with Crippen molar-refractivity contribution in [2.45, 2.75) is 19.0 Å². The molecule has 0 unspecified atom stereocenters. The summed E-state index contributed by atoms with van der Waals surface area (Å²) in [5, 5.41) is 8.97. The van der Waals surface area contributed by atoms with Crippen molar-refractivity contribution in [2.24, 2.45) is 5.92 Å². The van der Waals surface area contributed by atoms with Crippen molar-refractivity contribution in [2.75, 3.05) is 18.0 Å². The van der Waals surface area contributed by atoms with Crippen LogP contribution in [-0.4, -0.2) is 19.3 Å². The number of hydrogen-bond acceptors (Lipinski definition) is 2. The number of halogens is 3. The summed E-state index contributed by atoms with van der Waals surface area (Å²) in [5.74, 6) is -1.21. The fourth-order valence-electron chi connectivity index (χ4n) is 2.29. The minimum absolute atomic E-state index is 0.100. The number of hydrogen-bond donors (Lipinski definition) is 0. The van der Waals surface area contributed by atoms with Crippen molar-refractivity contribution in [1.82, 2.24) is 0 Å². The van der Waals surface area contributed by atoms with Gasteiger partial charge in [-0.25, -0.2) is 0 Å². The van der Waals surface area contributed by atoms with Gasteiger partial charge in [-0.15, -0.1) is 0 Å². The van der Waals surface area contributed by atoms with Gasteiger partial charge in [0.15, 0.2) is 0 Å². The Kier molecular flexibility index (Phi) is 3.46. The molecule has 1 aromatic rings. The van der Waals surface area contributed by atoms with Crippen LogP contribution in [0.1, 0.15) is 18.4 Å². The van der Waals surface area contributed by atoms with Gasteiger partial charge in [0.2, 0.25) is 0 Å². The maximum Gasteiger partial charge on any atom is 0.391 e. The molecule has 0 N–H and O–H groups in total. The van der Waals surface area contributed by atoms with Crippen molar-refractivity contribution < 1.29 is 13.2 Å². The number of benzene rings is 1. The van der Waals surface area contributed by atoms with Gasteiger partial charge >= 0.3 is 6.18 Å². The molecule has 1 heterocycles. The topological polar surface area (TPSA) is 27.0 Å². The molecule has 0 spiro atoms. The quantitative estimate of drug-likeness (QED) is 0.768. The van der Waals surface area contributed by atoms with Gasteiger partial charge < -0.3 is 4.90 Å². The van der Waals surface area contributed by atoms with E-state index in [2.05, 4.69) is 6.07 Å². The molecule has 96 valence electrons. The third-order valence-corrected chi connectivity index (χ3v) is 3.32. The summed E-state index contributed by atoms with van der Waals surface area (Å²) in [7, 11) is 0. The molecule has 1 saturated heterocycles. The van der Waals surface area contributed by atoms with Gasteiger partial charge in [-0.05, 0) is 25.0 Å². The van der Waals surface area contributed by atoms with E-state index in [4.69, 9.17) is 5.26 Å². The molecule has 0 aromatic heterocycles. The Morgan fingerprint density at radius 3 is 2.33 bits per heavy atom. The van der Waals surface area contributed by atoms with E-state index in [1.807, 2.05) is 4.90 Å². The standard InChI is InChI=1S/C13H13F3N2/c14-13(15,16)11-5-7-18(8-6-11)12-4-2-1-3-10(12)9-17/h1-4,11H,5-8H2. The van der Waals surface area contributed by atoms with E-state index in [0.29, 0.717) is 18.7 Å². The van der Waals surface area contributed by atoms with Crippen LogP contribution < -0.4 is 4.90 Å². The summed E-state index contributed by atoms with van der Waals surface area (Å²) in [6.07, 6.45) is -3.90. The van der Waals surface area contributed by atoms with Crippen molar-refractivity contribution in [3.05, 3.63) is 29.8 Å². The summed E-state index contributed by atoms with van der Waals surface area (Å²) in [6, 6.07) is 9.09. The lowest BCUT2D eigenvalue weighted by atomic mass is 9.95. The molecule has 0 aliphatic carbocycles. The summed E-state index contributed by atoms with van der Waals surface area (Å²) in [6.45, 7) is 0.700. The van der Waals surface area contributed by atoms with Crippen LogP contribution in [-0.2, 0) is 0 Å². The van der Waals surface area contributed by atoms with E-state index < -0.39 is 12.1 Å². The van der Waals surface area contributed by atoms with Crippen molar-refractivity contribution >= 4 is 5.69 Å². The van der Waals surface area contributed by atoms with Crippen molar-refractivity contribution in [3.63, 3.8) is 0 Å². The van der Waals surface area contributed by atoms with Crippen LogP contribution in [0.15, 0.2) is 24.3 Å². The zero-order chi connectivity index (χ0) is 13.2. The van der Waals surface area contributed by atoms with Crippen LogP contribution in [0.4, 0.5) is 18.9 Å². The van der Waals surface area contributed by atoms with E-state index in [0.717, 1.165) is 5.69 Å². The molecule has 2 rings (SSSR count). The SMILES string of the molecule is N#Cc1ccccc1N1CCC(C(F)(F)F)CC1. The zero-order valence-electron chi connectivity index (χ0n) is 9.74. The lowest BCUT2D eigenvalue weighted by Gasteiger charge is -2.34. The first-order valence-corrected chi connectivity index (χ1v) is 5.83. The van der Waals surface area contributed by atoms with Crippen LogP contribution in [0.25, 0.3) is 0 Å². The van der Waals surface area contributed by atoms with Gasteiger partial charge in [0.05, 0.1) is 17.2 Å². The summed E-state index contributed by atoms with van der Waals surface area (Å²) < 4.78 is 37.6. The van der Waals surface area contributed by atoms with Crippen LogP contribution in [0, 0.1) is 17.2 Å². The molecule has 0 saturated carbocycles. The summed E-state index contributed by atoms with van der Waals surface area (Å²) in [5.41, 5.74) is 1.25. The Morgan fingerprint density at radius 2 is 1.78 bits per heavy atom. The maximum atomic E-state index is 12.5. The van der Waals surface area contributed by atoms with E-state index in [1.54, 1.807) is 24.3 Å². The zero-order valence-corrected chi connectivity index (χ0v) is 9.74. The highest BCUT2D eigenvalue weighted by molar-refractivity contribution is 5.59. The molecule has 1 aromatic carbocycles. The summed E-state index contributed by atoms with van der Waals surface area (Å²) >= 11 is 0. The molecule has 1 aliphatic rings. The maximum absolute atomic E-state index is 12.5. The Bertz CT molecular complexity index is 454. The molecule has 1 aliphatic heterocycles. The lowest BCUT2D eigenvalue weighted by molar-refractivity contribution is -0.179. The third kappa shape index (κ3) is 2.58. The second-order valence-corrected chi connectivity index (χ2v) is 4.43. The van der Waals surface area contributed by atoms with Gasteiger partial charge in [0.1, 0.15) is 6.07 Å². The van der Waals surface area contributed by atoms with E-state index >= 15 is 0 Å². The lowest BCUT2D eigenvalue weighted by Crippen LogP contribution is -2.39. The molecule has 0 amide bonds. The average molecular weight is 254 g/mol. The van der Waals surface area contributed by atoms with E-state index in [9.17, 15) is 13.2 Å². The smallest absolute Gasteiger partial charge is 0.370 e. The van der Waals surface area contributed by atoms with Gasteiger partial charge in [-0.2, -0.15) is 18.4 Å². The molecular weight excluding hydrogens is 241 g/mol. The molecule has 0 radical (unpaired) electrons. The minimum atomic E-state index is -4.10. The molecule has 18 heavy (non-hydrogen) atoms. The van der Waals surface area contributed by atoms with Gasteiger partial charge in [0, 0.05) is 13.1 Å². The molecule has 0 atom stereocenters. The Balaban J connectivity index is 2.09. The molecule has 0 bridgehead atoms. The Labute approximate surface area is 104 Å². The highest BCUT2D eigenvalue weighted by atomic mass is 19.4. The molecule has 1 fully saturated rings. The minimum Gasteiger partial charge on any atom is -0.370 e. The number of piperidine rings is 1. The predicted octanol–water partition coefficient (Wildman–Crippen LogP) is 3.34. The Morgan fingerprint density at radius 1 is 1.17 bits per heavy atom. The molecule has 2 nitrogen and oxygen atoms in total. The average Bonchev–Trinajstić information content (AvgIpc) is 2.38. The second kappa shape index (κ2) is 4.89. The van der Waals surface area contributed by atoms with Crippen LogP contribution >= 0.6 is 0 Å². The van der Waals surface area contributed by atoms with Crippen molar-refractivity contribution in [3.8, 4) is 6.07 Å². The Hall–Kier alpha value is -1.70. The third-order valence-electron chi connectivity index (χ3n) is 3.32. The van der Waals surface area contributed by atoms with Crippen LogP contribution in [0.3, 0.4) is 0 Å². The van der Waals surface area contributed by atoms with Crippen LogP contribution in [0.5, 0.6) is 0 Å². The number of nitriles is 1. The molecular formula is C13H13F3N2. The number of nitrogens with zero attached hydrogens (tertiary/aromatic N) is 2. The van der Waals surface area contributed by atoms with E-state index in [1.165, 1.54) is 0 Å². The van der Waals surface area contributed by atoms with E-state index in [-0.39, 0.29) is 12.8 Å². The number of anilines is 1. The van der Waals surface area contributed by atoms with Gasteiger partial charge in [0.25, 0.3) is 0 Å². The first-order chi connectivity index (χ1) is 8.52. The second-order valence-electron chi connectivity index (χ2n) is 4.43. The summed E-state index contributed by atoms with van der Waals surface area (Å²) in [4.78, 5) is 1.86. The highest BCUT2D eigenvalue weighted by Crippen LogP contribution is 2.35. The fraction of sp³-hybridized carbons (Fsp3) is 0.462. The monoisotopic (exact) mass is 254 g/mol. The number of rotatable bonds is 1. The largest absolute Gasteiger partial charge is 0.391 e. The predicted molar refractivity (Wildman–Crippen MR) is 62.1 cm³/mol. The molecule has 5 heteroatoms. The van der Waals surface area contributed by atoms with Crippen molar-refractivity contribution in [1.29, 1.82) is 5.26 Å². The highest BCUT2D eigenvalue weighted by Gasteiger charge is 2.41. The number of alkyl halides is 3. The fourth-order valence-corrected chi connectivity index (χ4v) is 2.29. The first kappa shape index (κ1) is 12.7. The normalized spacial score (nSPS) is 17.6. The number of para-hydroxylation sites is 1. The van der Waals surface area contributed by atoms with Gasteiger partial charge in [-0.3, -0.25) is 0 Å². The van der Waals surface area contributed by atoms with Crippen LogP contribution in [0.2, 0.25) is 0 Å². The first-order valence-electron chi connectivity index (χ1n) is 5.83.